The van der Waals surface area contributed by atoms with E-state index in [9.17, 15) is 37.5 Å². The van der Waals surface area contributed by atoms with E-state index in [-0.39, 0.29) is 32.5 Å². The zero-order chi connectivity index (χ0) is 27.5. The van der Waals surface area contributed by atoms with Crippen molar-refractivity contribution in [3.8, 4) is 0 Å². The minimum atomic E-state index is -4.46. The van der Waals surface area contributed by atoms with Gasteiger partial charge < -0.3 is 39.1 Å². The largest absolute Gasteiger partial charge is 0.345 e. The fraction of sp³-hybridized carbons (Fsp3) is 1.00. The van der Waals surface area contributed by atoms with Crippen molar-refractivity contribution in [1.29, 1.82) is 0 Å². The third kappa shape index (κ3) is 24.8. The maximum absolute atomic E-state index is 11.6. The number of rotatable bonds is 20. The van der Waals surface area contributed by atoms with Crippen LogP contribution in [-0.4, -0.2) is 118 Å². The van der Waals surface area contributed by atoms with Gasteiger partial charge in [0.05, 0.1) is 12.6 Å². The molecule has 0 saturated carbocycles. The molecule has 0 heterocycles. The highest BCUT2D eigenvalue weighted by Crippen LogP contribution is 2.41. The smallest absolute Gasteiger partial charge is 0.339 e. The maximum Gasteiger partial charge on any atom is 0.339 e. The van der Waals surface area contributed by atoms with Crippen molar-refractivity contribution in [1.82, 2.24) is 14.7 Å². The summed E-state index contributed by atoms with van der Waals surface area (Å²) in [6, 6.07) is 0. The highest BCUT2D eigenvalue weighted by Gasteiger charge is 2.25. The van der Waals surface area contributed by atoms with Crippen LogP contribution in [0.25, 0.3) is 0 Å². The summed E-state index contributed by atoms with van der Waals surface area (Å²) in [4.78, 5) is 77.5. The van der Waals surface area contributed by atoms with Gasteiger partial charge in [-0.15, -0.1) is 0 Å². The van der Waals surface area contributed by atoms with Gasteiger partial charge in [0.25, 0.3) is 0 Å². The molecule has 0 aliphatic heterocycles. The van der Waals surface area contributed by atoms with Crippen molar-refractivity contribution in [2.75, 3.05) is 64.3 Å². The summed E-state index contributed by atoms with van der Waals surface area (Å²) in [5.74, 6) is 0. The second kappa shape index (κ2) is 16.0. The number of unbranched alkanes of at least 4 members (excludes halogenated alkanes) is 2. The van der Waals surface area contributed by atoms with E-state index < -0.39 is 63.3 Å². The van der Waals surface area contributed by atoms with Crippen LogP contribution in [0, 0.1) is 0 Å². The first kappa shape index (κ1) is 35.7. The molecule has 0 aromatic carbocycles. The highest BCUT2D eigenvalue weighted by atomic mass is 31.2. The molecule has 0 radical (unpaired) electrons. The van der Waals surface area contributed by atoms with Gasteiger partial charge in [-0.2, -0.15) is 0 Å². The lowest BCUT2D eigenvalue weighted by molar-refractivity contribution is 0.246. The first-order valence-corrected chi connectivity index (χ1v) is 19.7. The zero-order valence-electron chi connectivity index (χ0n) is 19.4. The molecule has 0 amide bonds. The standard InChI is InChI=1S/C14H38N3O13P5/c1-32(20,21)11-17(14-35(28,29)30)9-5-3-7-15(12-33(22,23)24)6-2-4-8-16(10-31(18)19)13-34(25,26)27/h31H,2-14H2,1H3,(H,18,19)(H,20,21)(H2,22,23,24)(H2,25,26,27)(H2,28,29,30). The van der Waals surface area contributed by atoms with E-state index in [1.807, 2.05) is 0 Å². The molecule has 8 N–H and O–H groups in total. The molecule has 0 spiro atoms. The number of nitrogens with zero attached hydrogens (tertiary/aromatic N) is 3. The van der Waals surface area contributed by atoms with E-state index in [0.717, 1.165) is 6.66 Å². The number of hydrogen-bond donors (Lipinski definition) is 8. The molecule has 21 heteroatoms. The fourth-order valence-corrected chi connectivity index (χ4v) is 7.64. The normalized spacial score (nSPS) is 16.2. The molecule has 16 nitrogen and oxygen atoms in total. The quantitative estimate of drug-likeness (QED) is 0.0673. The van der Waals surface area contributed by atoms with Crippen LogP contribution in [0.2, 0.25) is 0 Å². The Hall–Kier alpha value is 0.710. The SMILES string of the molecule is CP(=O)(O)CN(CCCCN(CCCCN(C[PH](=O)O)CP(=O)(O)O)CP(=O)(O)O)CP(=O)(O)O. The Bertz CT molecular complexity index is 814. The van der Waals surface area contributed by atoms with Crippen LogP contribution in [0.15, 0.2) is 0 Å². The van der Waals surface area contributed by atoms with Crippen molar-refractivity contribution >= 4 is 38.2 Å². The molecule has 0 aliphatic carbocycles. The first-order valence-electron chi connectivity index (χ1n) is 10.5. The van der Waals surface area contributed by atoms with E-state index in [4.69, 9.17) is 24.5 Å². The van der Waals surface area contributed by atoms with Gasteiger partial charge in [-0.05, 0) is 51.9 Å². The Morgan fingerprint density at radius 2 is 0.886 bits per heavy atom. The van der Waals surface area contributed by atoms with Gasteiger partial charge in [0, 0.05) is 6.66 Å². The number of hydrogen-bond acceptors (Lipinski definition) is 8. The molecule has 35 heavy (non-hydrogen) atoms. The molecule has 0 aliphatic rings. The minimum absolute atomic E-state index is 0.0883. The van der Waals surface area contributed by atoms with Crippen LogP contribution in [0.5, 0.6) is 0 Å². The Balaban J connectivity index is 4.79. The van der Waals surface area contributed by atoms with E-state index in [0.29, 0.717) is 25.7 Å². The highest BCUT2D eigenvalue weighted by molar-refractivity contribution is 7.57. The molecule has 0 aromatic heterocycles. The molecule has 0 bridgehead atoms. The van der Waals surface area contributed by atoms with Gasteiger partial charge in [0.1, 0.15) is 18.9 Å². The van der Waals surface area contributed by atoms with Crippen LogP contribution in [0.4, 0.5) is 0 Å². The van der Waals surface area contributed by atoms with E-state index >= 15 is 0 Å². The van der Waals surface area contributed by atoms with Crippen molar-refractivity contribution in [2.24, 2.45) is 0 Å². The van der Waals surface area contributed by atoms with Crippen LogP contribution in [0.1, 0.15) is 25.7 Å². The molecule has 0 rings (SSSR count). The molecule has 0 saturated heterocycles. The van der Waals surface area contributed by atoms with Crippen molar-refractivity contribution in [2.45, 2.75) is 25.7 Å². The molecule has 212 valence electrons. The third-order valence-corrected chi connectivity index (χ3v) is 8.32. The monoisotopic (exact) mass is 611 g/mol. The summed E-state index contributed by atoms with van der Waals surface area (Å²) in [5.41, 5.74) is 0. The Morgan fingerprint density at radius 3 is 1.23 bits per heavy atom. The van der Waals surface area contributed by atoms with Crippen LogP contribution in [-0.2, 0) is 22.8 Å². The average Bonchev–Trinajstić information content (AvgIpc) is 2.55. The van der Waals surface area contributed by atoms with Gasteiger partial charge in [0.15, 0.2) is 0 Å². The Labute approximate surface area is 205 Å². The van der Waals surface area contributed by atoms with Crippen molar-refractivity contribution < 1.29 is 62.0 Å². The predicted octanol–water partition coefficient (Wildman–Crippen LogP) is 0.141. The summed E-state index contributed by atoms with van der Waals surface area (Å²) in [6.45, 7) is 1.69. The van der Waals surface area contributed by atoms with Gasteiger partial charge in [0.2, 0.25) is 15.4 Å². The van der Waals surface area contributed by atoms with E-state index in [1.54, 1.807) is 0 Å². The van der Waals surface area contributed by atoms with Gasteiger partial charge in [-0.1, -0.05) is 0 Å². The molecular weight excluding hydrogens is 573 g/mol. The molecule has 2 atom stereocenters. The Morgan fingerprint density at radius 1 is 0.571 bits per heavy atom. The summed E-state index contributed by atoms with van der Waals surface area (Å²) >= 11 is 0. The maximum atomic E-state index is 11.6. The van der Waals surface area contributed by atoms with Crippen molar-refractivity contribution in [3.05, 3.63) is 0 Å². The second-order valence-electron chi connectivity index (χ2n) is 8.48. The lowest BCUT2D eigenvalue weighted by atomic mass is 10.2. The molecular formula is C14H38N3O13P5. The molecule has 0 fully saturated rings. The van der Waals surface area contributed by atoms with E-state index in [2.05, 4.69) is 0 Å². The van der Waals surface area contributed by atoms with Crippen LogP contribution in [0.3, 0.4) is 0 Å². The third-order valence-electron chi connectivity index (χ3n) is 4.37. The predicted molar refractivity (Wildman–Crippen MR) is 131 cm³/mol. The Kier molecular flexibility index (Phi) is 16.3. The second-order valence-corrected chi connectivity index (χ2v) is 16.8. The summed E-state index contributed by atoms with van der Waals surface area (Å²) < 4.78 is 56.6. The minimum Gasteiger partial charge on any atom is -0.345 e. The lowest BCUT2D eigenvalue weighted by Gasteiger charge is -2.26. The van der Waals surface area contributed by atoms with Gasteiger partial charge in [-0.25, -0.2) is 0 Å². The average molecular weight is 611 g/mol. The van der Waals surface area contributed by atoms with Gasteiger partial charge in [-0.3, -0.25) is 37.5 Å². The molecule has 0 aromatic rings. The van der Waals surface area contributed by atoms with E-state index in [1.165, 1.54) is 14.7 Å². The lowest BCUT2D eigenvalue weighted by Crippen LogP contribution is -2.31. The van der Waals surface area contributed by atoms with Crippen LogP contribution >= 0.6 is 38.2 Å². The van der Waals surface area contributed by atoms with Crippen LogP contribution < -0.4 is 0 Å². The fourth-order valence-electron chi connectivity index (χ4n) is 3.32. The van der Waals surface area contributed by atoms with Crippen molar-refractivity contribution in [3.63, 3.8) is 0 Å². The van der Waals surface area contributed by atoms with Gasteiger partial charge >= 0.3 is 22.8 Å². The summed E-state index contributed by atoms with van der Waals surface area (Å²) in [5, 5.41) is 0. The molecule has 2 unspecified atom stereocenters. The summed E-state index contributed by atoms with van der Waals surface area (Å²) in [7, 11) is -19.9. The topological polar surface area (TPSA) is 257 Å². The first-order chi connectivity index (χ1) is 15.7. The summed E-state index contributed by atoms with van der Waals surface area (Å²) in [6.07, 6.45) is -1.30. The zero-order valence-corrected chi connectivity index (χ0v) is 24.0.